The van der Waals surface area contributed by atoms with Crippen LogP contribution in [0.15, 0.2) is 102 Å². The highest BCUT2D eigenvalue weighted by Gasteiger charge is 2.38. The smallest absolute Gasteiger partial charge is 0.329 e. The van der Waals surface area contributed by atoms with Crippen molar-refractivity contribution in [3.63, 3.8) is 0 Å². The van der Waals surface area contributed by atoms with Crippen LogP contribution in [0.4, 0.5) is 15.8 Å². The first kappa shape index (κ1) is 36.9. The Morgan fingerprint density at radius 1 is 0.877 bits per heavy atom. The van der Waals surface area contributed by atoms with Crippen LogP contribution in [0.1, 0.15) is 30.0 Å². The number of anilines is 2. The molecule has 15 nitrogen and oxygen atoms in total. The number of benzene rings is 5. The topological polar surface area (TPSA) is 187 Å². The van der Waals surface area contributed by atoms with Gasteiger partial charge in [0.1, 0.15) is 42.1 Å². The minimum absolute atomic E-state index is 0.00711. The lowest BCUT2D eigenvalue weighted by atomic mass is 10.1. The molecule has 0 spiro atoms. The number of piperidine rings is 1. The van der Waals surface area contributed by atoms with Gasteiger partial charge < -0.3 is 14.8 Å². The predicted molar refractivity (Wildman–Crippen MR) is 207 cm³/mol. The number of ether oxygens (including phenoxy) is 2. The lowest BCUT2D eigenvalue weighted by molar-refractivity contribution is -0.135. The van der Waals surface area contributed by atoms with Crippen LogP contribution in [-0.4, -0.2) is 47.7 Å². The summed E-state index contributed by atoms with van der Waals surface area (Å²) in [4.78, 5) is 62.4. The number of imidazole rings is 1. The first-order chi connectivity index (χ1) is 27.3. The van der Waals surface area contributed by atoms with E-state index < -0.39 is 51.8 Å². The van der Waals surface area contributed by atoms with E-state index in [1.807, 2.05) is 10.8 Å². The van der Waals surface area contributed by atoms with Gasteiger partial charge in [0, 0.05) is 30.6 Å². The number of halogens is 1. The Morgan fingerprint density at radius 2 is 1.63 bits per heavy atom. The summed E-state index contributed by atoms with van der Waals surface area (Å²) in [7, 11) is -2.77. The zero-order valence-electron chi connectivity index (χ0n) is 30.2. The summed E-state index contributed by atoms with van der Waals surface area (Å²) in [6.07, 6.45) is 0.349. The zero-order valence-corrected chi connectivity index (χ0v) is 31.0. The van der Waals surface area contributed by atoms with Gasteiger partial charge in [-0.15, -0.1) is 0 Å². The minimum atomic E-state index is -4.36. The highest BCUT2D eigenvalue weighted by atomic mass is 32.2. The lowest BCUT2D eigenvalue weighted by Gasteiger charge is -2.21. The van der Waals surface area contributed by atoms with Gasteiger partial charge in [-0.25, -0.2) is 18.2 Å². The Balaban J connectivity index is 0.968. The number of carbonyl (C=O) groups excluding carboxylic acids is 4. The van der Waals surface area contributed by atoms with E-state index >= 15 is 4.39 Å². The van der Waals surface area contributed by atoms with E-state index in [1.54, 1.807) is 79.8 Å². The molecule has 290 valence electrons. The number of rotatable bonds is 10. The average Bonchev–Trinajstić information content (AvgIpc) is 3.59. The van der Waals surface area contributed by atoms with E-state index in [1.165, 1.54) is 27.3 Å². The maximum atomic E-state index is 16.2. The molecule has 1 unspecified atom stereocenters. The number of fused-ring (bicyclic) bond motifs is 2. The second kappa shape index (κ2) is 14.6. The van der Waals surface area contributed by atoms with Gasteiger partial charge >= 0.3 is 15.9 Å². The van der Waals surface area contributed by atoms with Crippen LogP contribution in [0.25, 0.3) is 21.8 Å². The van der Waals surface area contributed by atoms with Crippen LogP contribution in [-0.2, 0) is 49.5 Å². The van der Waals surface area contributed by atoms with Gasteiger partial charge in [-0.1, -0.05) is 42.5 Å². The third-order valence-corrected chi connectivity index (χ3v) is 11.1. The molecule has 57 heavy (non-hydrogen) atoms. The number of carbonyl (C=O) groups is 4. The molecule has 3 N–H and O–H groups in total. The molecule has 3 heterocycles. The molecule has 5 aromatic carbocycles. The van der Waals surface area contributed by atoms with Crippen molar-refractivity contribution >= 4 is 67.0 Å². The summed E-state index contributed by atoms with van der Waals surface area (Å²) in [6, 6.07) is 26.0. The fourth-order valence-electron chi connectivity index (χ4n) is 6.97. The molecule has 2 aliphatic rings. The van der Waals surface area contributed by atoms with Gasteiger partial charge in [0.05, 0.1) is 17.5 Å². The number of imide groups is 1. The van der Waals surface area contributed by atoms with Gasteiger partial charge in [0.15, 0.2) is 5.82 Å². The fraction of sp³-hybridized carbons (Fsp3) is 0.175. The molecule has 4 amide bonds. The van der Waals surface area contributed by atoms with E-state index in [0.717, 1.165) is 5.56 Å². The molecule has 8 rings (SSSR count). The molecule has 0 aliphatic carbocycles. The van der Waals surface area contributed by atoms with E-state index in [0.29, 0.717) is 43.5 Å². The lowest BCUT2D eigenvalue weighted by Crippen LogP contribution is -2.44. The van der Waals surface area contributed by atoms with Crippen molar-refractivity contribution in [3.05, 3.63) is 124 Å². The molecule has 1 aromatic heterocycles. The van der Waals surface area contributed by atoms with Crippen LogP contribution >= 0.6 is 0 Å². The molecule has 2 fully saturated rings. The Kier molecular flexibility index (Phi) is 9.44. The van der Waals surface area contributed by atoms with Crippen LogP contribution in [0.5, 0.6) is 17.2 Å². The van der Waals surface area contributed by atoms with E-state index in [-0.39, 0.29) is 48.8 Å². The van der Waals surface area contributed by atoms with Crippen molar-refractivity contribution in [2.24, 2.45) is 7.05 Å². The molecule has 2 aliphatic heterocycles. The first-order valence-corrected chi connectivity index (χ1v) is 19.2. The summed E-state index contributed by atoms with van der Waals surface area (Å²) in [5.41, 5.74) is 2.03. The molecule has 17 heteroatoms. The summed E-state index contributed by atoms with van der Waals surface area (Å²) in [5.74, 6) is -2.18. The molecule has 0 radical (unpaired) electrons. The third kappa shape index (κ3) is 7.27. The summed E-state index contributed by atoms with van der Waals surface area (Å²) >= 11 is 0. The van der Waals surface area contributed by atoms with Crippen LogP contribution in [0.3, 0.4) is 0 Å². The van der Waals surface area contributed by atoms with Crippen LogP contribution < -0.4 is 34.8 Å². The first-order valence-electron chi connectivity index (χ1n) is 17.7. The highest BCUT2D eigenvalue weighted by Crippen LogP contribution is 2.40. The Bertz CT molecular complexity index is 2800. The van der Waals surface area contributed by atoms with E-state index in [9.17, 15) is 32.4 Å². The average molecular weight is 793 g/mol. The van der Waals surface area contributed by atoms with E-state index in [2.05, 4.69) is 10.6 Å². The molecule has 0 bridgehead atoms. The molecule has 2 saturated heterocycles. The highest BCUT2D eigenvalue weighted by molar-refractivity contribution is 7.92. The maximum Gasteiger partial charge on any atom is 0.329 e. The standard InChI is InChI=1S/C40H33FN6O9S/c1-45-32-20-28(12-14-30(32)47(40(45)52)31-15-16-34(48)43-39(31)51)56-27-10-7-23(8-11-27)17-35(49)42-26-9-13-29-25(18-26)19-33(55-22-24-5-3-2-4-6-24)38(37(29)41)46-21-36(50)44-57(46,53)54/h2-14,18-20,31H,15-17,21-22H2,1H3,(H,42,49)(H,44,50)(H,43,48,51). The van der Waals surface area contributed by atoms with Gasteiger partial charge in [-0.05, 0) is 71.5 Å². The van der Waals surface area contributed by atoms with Crippen LogP contribution in [0, 0.1) is 5.82 Å². The molecular weight excluding hydrogens is 760 g/mol. The Hall–Kier alpha value is -7.01. The van der Waals surface area contributed by atoms with Crippen LogP contribution in [0.2, 0.25) is 0 Å². The summed E-state index contributed by atoms with van der Waals surface area (Å²) < 4.78 is 58.9. The number of aromatic nitrogens is 2. The van der Waals surface area contributed by atoms with Crippen molar-refractivity contribution in [1.29, 1.82) is 0 Å². The number of hydrogen-bond donors (Lipinski definition) is 3. The summed E-state index contributed by atoms with van der Waals surface area (Å²) in [6.45, 7) is -0.625. The number of nitrogens with one attached hydrogen (secondary N) is 3. The zero-order chi connectivity index (χ0) is 40.0. The largest absolute Gasteiger partial charge is 0.487 e. The SMILES string of the molecule is Cn1c(=O)n(C2CCC(=O)NC2=O)c2ccc(Oc3ccc(CC(=O)Nc4ccc5c(F)c(N6CC(=O)NS6(=O)=O)c(OCc6ccccc6)cc5c4)cc3)cc21. The summed E-state index contributed by atoms with van der Waals surface area (Å²) in [5, 5.41) is 5.48. The van der Waals surface area contributed by atoms with Gasteiger partial charge in [0.2, 0.25) is 17.7 Å². The fourth-order valence-corrected chi connectivity index (χ4v) is 8.13. The second-order valence-electron chi connectivity index (χ2n) is 13.6. The van der Waals surface area contributed by atoms with Crippen molar-refractivity contribution in [3.8, 4) is 17.2 Å². The Morgan fingerprint density at radius 3 is 2.35 bits per heavy atom. The number of amides is 4. The third-order valence-electron chi connectivity index (χ3n) is 9.71. The minimum Gasteiger partial charge on any atom is -0.487 e. The molecule has 1 atom stereocenters. The Labute approximate surface area is 323 Å². The van der Waals surface area contributed by atoms with Crippen molar-refractivity contribution in [1.82, 2.24) is 19.2 Å². The van der Waals surface area contributed by atoms with E-state index in [4.69, 9.17) is 9.47 Å². The molecule has 6 aromatic rings. The van der Waals surface area contributed by atoms with Crippen molar-refractivity contribution < 1.29 is 41.5 Å². The monoisotopic (exact) mass is 792 g/mol. The van der Waals surface area contributed by atoms with Crippen molar-refractivity contribution in [2.45, 2.75) is 31.9 Å². The maximum absolute atomic E-state index is 16.2. The normalized spacial score (nSPS) is 16.4. The van der Waals surface area contributed by atoms with Gasteiger partial charge in [-0.2, -0.15) is 8.42 Å². The van der Waals surface area contributed by atoms with Gasteiger partial charge in [-0.3, -0.25) is 33.6 Å². The quantitative estimate of drug-likeness (QED) is 0.170. The second-order valence-corrected chi connectivity index (χ2v) is 15.2. The molecule has 0 saturated carbocycles. The van der Waals surface area contributed by atoms with Crippen molar-refractivity contribution in [2.75, 3.05) is 16.2 Å². The number of aryl methyl sites for hydroxylation is 1. The number of nitrogens with zero attached hydrogens (tertiary/aromatic N) is 3. The predicted octanol–water partition coefficient (Wildman–Crippen LogP) is 4.34. The molecular formula is C40H33FN6O9S. The number of hydrogen-bond acceptors (Lipinski definition) is 9. The van der Waals surface area contributed by atoms with Gasteiger partial charge in [0.25, 0.3) is 5.91 Å².